The van der Waals surface area contributed by atoms with E-state index >= 15 is 0 Å². The van der Waals surface area contributed by atoms with E-state index in [9.17, 15) is 9.59 Å². The summed E-state index contributed by atoms with van der Waals surface area (Å²) in [4.78, 5) is 21.9. The van der Waals surface area contributed by atoms with Crippen molar-refractivity contribution in [3.05, 3.63) is 29.8 Å². The van der Waals surface area contributed by atoms with Gasteiger partial charge in [-0.1, -0.05) is 12.1 Å². The first-order valence-electron chi connectivity index (χ1n) is 6.26. The molecule has 0 unspecified atom stereocenters. The van der Waals surface area contributed by atoms with Gasteiger partial charge in [0.25, 0.3) is 0 Å². The Morgan fingerprint density at radius 3 is 2.42 bits per heavy atom. The van der Waals surface area contributed by atoms with Crippen LogP contribution in [-0.2, 0) is 9.59 Å². The molecule has 1 aromatic rings. The number of benzene rings is 1. The third kappa shape index (κ3) is 5.42. The van der Waals surface area contributed by atoms with E-state index in [0.29, 0.717) is 6.61 Å². The van der Waals surface area contributed by atoms with Crippen molar-refractivity contribution in [3.63, 3.8) is 0 Å². The molecule has 0 aliphatic rings. The van der Waals surface area contributed by atoms with E-state index in [1.54, 1.807) is 0 Å². The number of carboxylic acids is 1. The molecule has 0 bridgehead atoms. The van der Waals surface area contributed by atoms with E-state index in [2.05, 4.69) is 5.32 Å². The molecule has 5 heteroatoms. The van der Waals surface area contributed by atoms with Crippen molar-refractivity contribution in [1.29, 1.82) is 0 Å². The zero-order chi connectivity index (χ0) is 14.3. The van der Waals surface area contributed by atoms with E-state index in [-0.39, 0.29) is 24.8 Å². The summed E-state index contributed by atoms with van der Waals surface area (Å²) in [5.41, 5.74) is 0.951. The van der Waals surface area contributed by atoms with Crippen LogP contribution in [0.5, 0.6) is 5.75 Å². The van der Waals surface area contributed by atoms with E-state index in [1.165, 1.54) is 0 Å². The first kappa shape index (κ1) is 15.0. The fourth-order valence-electron chi connectivity index (χ4n) is 1.64. The Bertz CT molecular complexity index is 428. The predicted molar refractivity (Wildman–Crippen MR) is 71.0 cm³/mol. The zero-order valence-electron chi connectivity index (χ0n) is 11.2. The Morgan fingerprint density at radius 1 is 1.26 bits per heavy atom. The molecule has 19 heavy (non-hydrogen) atoms. The normalized spacial score (nSPS) is 11.7. The van der Waals surface area contributed by atoms with Gasteiger partial charge in [-0.15, -0.1) is 0 Å². The number of ether oxygens (including phenoxy) is 1. The minimum Gasteiger partial charge on any atom is -0.494 e. The van der Waals surface area contributed by atoms with Crippen LogP contribution < -0.4 is 10.1 Å². The van der Waals surface area contributed by atoms with Crippen LogP contribution in [-0.4, -0.2) is 23.6 Å². The highest BCUT2D eigenvalue weighted by Gasteiger charge is 2.10. The van der Waals surface area contributed by atoms with Gasteiger partial charge in [-0.2, -0.15) is 0 Å². The Balaban J connectivity index is 2.50. The minimum atomic E-state index is -0.969. The third-order valence-electron chi connectivity index (χ3n) is 2.63. The maximum Gasteiger partial charge on any atom is 0.303 e. The smallest absolute Gasteiger partial charge is 0.303 e. The van der Waals surface area contributed by atoms with Crippen molar-refractivity contribution in [2.45, 2.75) is 32.7 Å². The first-order chi connectivity index (χ1) is 9.02. The third-order valence-corrected chi connectivity index (χ3v) is 2.63. The van der Waals surface area contributed by atoms with E-state index in [1.807, 2.05) is 38.1 Å². The Kier molecular flexibility index (Phi) is 5.85. The predicted octanol–water partition coefficient (Wildman–Crippen LogP) is 2.13. The molecule has 0 fully saturated rings. The van der Waals surface area contributed by atoms with Gasteiger partial charge in [0.15, 0.2) is 0 Å². The zero-order valence-corrected chi connectivity index (χ0v) is 11.2. The van der Waals surface area contributed by atoms with Crippen molar-refractivity contribution in [2.75, 3.05) is 6.61 Å². The van der Waals surface area contributed by atoms with Crippen LogP contribution in [0.25, 0.3) is 0 Å². The Labute approximate surface area is 112 Å². The number of amides is 1. The lowest BCUT2D eigenvalue weighted by molar-refractivity contribution is -0.138. The monoisotopic (exact) mass is 265 g/mol. The number of carboxylic acid groups (broad SMARTS) is 1. The molecule has 0 radical (unpaired) electrons. The van der Waals surface area contributed by atoms with Gasteiger partial charge < -0.3 is 15.2 Å². The molecular weight excluding hydrogens is 246 g/mol. The molecule has 0 heterocycles. The molecule has 0 saturated heterocycles. The summed E-state index contributed by atoms with van der Waals surface area (Å²) in [5.74, 6) is -0.441. The molecule has 1 amide bonds. The Morgan fingerprint density at radius 2 is 1.89 bits per heavy atom. The van der Waals surface area contributed by atoms with Crippen LogP contribution in [0.3, 0.4) is 0 Å². The first-order valence-corrected chi connectivity index (χ1v) is 6.26. The van der Waals surface area contributed by atoms with Crippen LogP contribution >= 0.6 is 0 Å². The molecule has 2 N–H and O–H groups in total. The fourth-order valence-corrected chi connectivity index (χ4v) is 1.64. The summed E-state index contributed by atoms with van der Waals surface area (Å²) in [6.07, 6.45) is -0.154. The molecule has 1 rings (SSSR count). The summed E-state index contributed by atoms with van der Waals surface area (Å²) < 4.78 is 5.33. The largest absolute Gasteiger partial charge is 0.494 e. The summed E-state index contributed by atoms with van der Waals surface area (Å²) in [5, 5.41) is 11.3. The number of nitrogens with one attached hydrogen (secondary N) is 1. The van der Waals surface area contributed by atoms with Crippen molar-refractivity contribution in [2.24, 2.45) is 0 Å². The summed E-state index contributed by atoms with van der Waals surface area (Å²) in [6, 6.07) is 7.30. The summed E-state index contributed by atoms with van der Waals surface area (Å²) in [6.45, 7) is 4.38. The topological polar surface area (TPSA) is 75.6 Å². The second-order valence-corrected chi connectivity index (χ2v) is 4.18. The molecule has 0 saturated carbocycles. The van der Waals surface area contributed by atoms with Crippen LogP contribution in [0, 0.1) is 0 Å². The number of aliphatic carboxylic acids is 1. The molecule has 104 valence electrons. The van der Waals surface area contributed by atoms with E-state index in [4.69, 9.17) is 9.84 Å². The van der Waals surface area contributed by atoms with E-state index in [0.717, 1.165) is 11.3 Å². The average Bonchev–Trinajstić information content (AvgIpc) is 2.37. The summed E-state index contributed by atoms with van der Waals surface area (Å²) in [7, 11) is 0. The van der Waals surface area contributed by atoms with Crippen LogP contribution in [0.1, 0.15) is 38.3 Å². The van der Waals surface area contributed by atoms with Crippen LogP contribution in [0.2, 0.25) is 0 Å². The number of carbonyl (C=O) groups excluding carboxylic acids is 1. The standard InChI is InChI=1S/C14H19NO4/c1-3-19-12-6-4-11(5-7-12)10(2)15-13(16)8-9-14(17)18/h4-7,10H,3,8-9H2,1-2H3,(H,15,16)(H,17,18)/t10-/m1/s1. The lowest BCUT2D eigenvalue weighted by Gasteiger charge is -2.14. The van der Waals surface area contributed by atoms with Gasteiger partial charge >= 0.3 is 5.97 Å². The van der Waals surface area contributed by atoms with Crippen LogP contribution in [0.15, 0.2) is 24.3 Å². The lowest BCUT2D eigenvalue weighted by Crippen LogP contribution is -2.26. The maximum atomic E-state index is 11.5. The molecule has 0 aliphatic carbocycles. The van der Waals surface area contributed by atoms with Gasteiger partial charge in [0.05, 0.1) is 19.1 Å². The highest BCUT2D eigenvalue weighted by Crippen LogP contribution is 2.17. The molecule has 0 aliphatic heterocycles. The molecular formula is C14H19NO4. The van der Waals surface area contributed by atoms with Gasteiger partial charge in [0.2, 0.25) is 5.91 Å². The van der Waals surface area contributed by atoms with Crippen molar-refractivity contribution >= 4 is 11.9 Å². The second kappa shape index (κ2) is 7.41. The second-order valence-electron chi connectivity index (χ2n) is 4.18. The number of hydrogen-bond acceptors (Lipinski definition) is 3. The lowest BCUT2D eigenvalue weighted by atomic mass is 10.1. The highest BCUT2D eigenvalue weighted by molar-refractivity contribution is 5.80. The van der Waals surface area contributed by atoms with E-state index < -0.39 is 5.97 Å². The highest BCUT2D eigenvalue weighted by atomic mass is 16.5. The van der Waals surface area contributed by atoms with Gasteiger partial charge in [0.1, 0.15) is 5.75 Å². The van der Waals surface area contributed by atoms with Gasteiger partial charge in [-0.3, -0.25) is 9.59 Å². The van der Waals surface area contributed by atoms with Crippen molar-refractivity contribution < 1.29 is 19.4 Å². The van der Waals surface area contributed by atoms with Crippen molar-refractivity contribution in [1.82, 2.24) is 5.32 Å². The summed E-state index contributed by atoms with van der Waals surface area (Å²) >= 11 is 0. The van der Waals surface area contributed by atoms with Crippen molar-refractivity contribution in [3.8, 4) is 5.75 Å². The SMILES string of the molecule is CCOc1ccc([C@@H](C)NC(=O)CCC(=O)O)cc1. The number of hydrogen-bond donors (Lipinski definition) is 2. The number of rotatable bonds is 7. The molecule has 0 spiro atoms. The van der Waals surface area contributed by atoms with Gasteiger partial charge in [0, 0.05) is 6.42 Å². The molecule has 1 aromatic carbocycles. The molecule has 5 nitrogen and oxygen atoms in total. The minimum absolute atomic E-state index is 0.00327. The number of carbonyl (C=O) groups is 2. The van der Waals surface area contributed by atoms with Crippen LogP contribution in [0.4, 0.5) is 0 Å². The molecule has 1 atom stereocenters. The molecule has 0 aromatic heterocycles. The quantitative estimate of drug-likeness (QED) is 0.792. The maximum absolute atomic E-state index is 11.5. The van der Waals surface area contributed by atoms with Gasteiger partial charge in [-0.05, 0) is 31.5 Å². The average molecular weight is 265 g/mol. The Hall–Kier alpha value is -2.04. The fraction of sp³-hybridized carbons (Fsp3) is 0.429. The van der Waals surface area contributed by atoms with Gasteiger partial charge in [-0.25, -0.2) is 0 Å².